The van der Waals surface area contributed by atoms with Gasteiger partial charge in [0, 0.05) is 57.5 Å². The second-order valence-electron chi connectivity index (χ2n) is 5.89. The first-order valence-corrected chi connectivity index (χ1v) is 8.34. The monoisotopic (exact) mass is 296 g/mol. The molecule has 2 fully saturated rings. The van der Waals surface area contributed by atoms with Gasteiger partial charge in [0.25, 0.3) is 0 Å². The van der Waals surface area contributed by atoms with E-state index in [0.717, 1.165) is 70.5 Å². The van der Waals surface area contributed by atoms with Crippen molar-refractivity contribution in [3.8, 4) is 0 Å². The largest absolute Gasteiger partial charge is 0.381 e. The van der Waals surface area contributed by atoms with E-state index in [1.54, 1.807) is 11.3 Å². The molecule has 2 saturated heterocycles. The third kappa shape index (κ3) is 3.14. The molecule has 0 spiro atoms. The highest BCUT2D eigenvalue weighted by molar-refractivity contribution is 7.13. The van der Waals surface area contributed by atoms with Crippen LogP contribution in [0.15, 0.2) is 11.6 Å². The van der Waals surface area contributed by atoms with E-state index in [1.165, 1.54) is 0 Å². The second kappa shape index (κ2) is 6.39. The van der Waals surface area contributed by atoms with Crippen molar-refractivity contribution in [2.75, 3.05) is 57.4 Å². The van der Waals surface area contributed by atoms with Crippen LogP contribution in [-0.2, 0) is 4.74 Å². The molecule has 1 aromatic rings. The van der Waals surface area contributed by atoms with Crippen molar-refractivity contribution in [3.05, 3.63) is 11.6 Å². The molecular formula is C14H24N4OS. The van der Waals surface area contributed by atoms with Gasteiger partial charge in [-0.1, -0.05) is 0 Å². The van der Waals surface area contributed by atoms with Crippen LogP contribution in [0.4, 0.5) is 5.13 Å². The Morgan fingerprint density at radius 3 is 2.60 bits per heavy atom. The highest BCUT2D eigenvalue weighted by Gasteiger charge is 2.34. The van der Waals surface area contributed by atoms with Crippen LogP contribution < -0.4 is 10.6 Å². The van der Waals surface area contributed by atoms with E-state index < -0.39 is 0 Å². The van der Waals surface area contributed by atoms with Gasteiger partial charge in [0.05, 0.1) is 0 Å². The van der Waals surface area contributed by atoms with Crippen LogP contribution in [0.25, 0.3) is 0 Å². The maximum Gasteiger partial charge on any atom is 0.185 e. The van der Waals surface area contributed by atoms with E-state index in [4.69, 9.17) is 10.5 Å². The molecule has 2 N–H and O–H groups in total. The Morgan fingerprint density at radius 1 is 1.25 bits per heavy atom. The van der Waals surface area contributed by atoms with Crippen molar-refractivity contribution in [3.63, 3.8) is 0 Å². The third-order valence-electron chi connectivity index (χ3n) is 4.61. The van der Waals surface area contributed by atoms with E-state index >= 15 is 0 Å². The number of thiazole rings is 1. The van der Waals surface area contributed by atoms with Crippen LogP contribution in [0.2, 0.25) is 0 Å². The fourth-order valence-electron chi connectivity index (χ4n) is 3.17. The smallest absolute Gasteiger partial charge is 0.185 e. The maximum atomic E-state index is 6.06. The molecule has 2 aliphatic heterocycles. The summed E-state index contributed by atoms with van der Waals surface area (Å²) in [4.78, 5) is 9.36. The molecule has 0 bridgehead atoms. The van der Waals surface area contributed by atoms with Crippen LogP contribution >= 0.6 is 11.3 Å². The Balaban J connectivity index is 1.53. The summed E-state index contributed by atoms with van der Waals surface area (Å²) in [6.45, 7) is 8.02. The number of rotatable bonds is 4. The molecule has 0 atom stereocenters. The first-order valence-electron chi connectivity index (χ1n) is 7.46. The SMILES string of the molecule is NCC1(CN2CCN(c3nccs3)CC2)CCOCC1. The minimum absolute atomic E-state index is 0.279. The topological polar surface area (TPSA) is 54.6 Å². The summed E-state index contributed by atoms with van der Waals surface area (Å²) in [6, 6.07) is 0. The van der Waals surface area contributed by atoms with Gasteiger partial charge in [0.2, 0.25) is 0 Å². The van der Waals surface area contributed by atoms with Gasteiger partial charge in [-0.05, 0) is 24.8 Å². The van der Waals surface area contributed by atoms with Gasteiger partial charge in [0.15, 0.2) is 5.13 Å². The molecule has 0 saturated carbocycles. The van der Waals surface area contributed by atoms with Gasteiger partial charge in [0.1, 0.15) is 0 Å². The standard InChI is InChI=1S/C14H24N4OS/c15-11-14(1-8-19-9-2-14)12-17-4-6-18(7-5-17)13-16-3-10-20-13/h3,10H,1-2,4-9,11-12,15H2. The third-order valence-corrected chi connectivity index (χ3v) is 5.44. The van der Waals surface area contributed by atoms with E-state index in [1.807, 2.05) is 11.6 Å². The molecule has 0 aromatic carbocycles. The molecule has 3 heterocycles. The number of piperazine rings is 1. The quantitative estimate of drug-likeness (QED) is 0.899. The number of ether oxygens (including phenoxy) is 1. The molecule has 3 rings (SSSR count). The molecular weight excluding hydrogens is 272 g/mol. The van der Waals surface area contributed by atoms with Gasteiger partial charge in [-0.15, -0.1) is 11.3 Å². The summed E-state index contributed by atoms with van der Waals surface area (Å²) in [5.74, 6) is 0. The average Bonchev–Trinajstić information content (AvgIpc) is 3.03. The highest BCUT2D eigenvalue weighted by Crippen LogP contribution is 2.31. The van der Waals surface area contributed by atoms with Crippen LogP contribution in [0.5, 0.6) is 0 Å². The van der Waals surface area contributed by atoms with Crippen LogP contribution in [0.3, 0.4) is 0 Å². The summed E-state index contributed by atoms with van der Waals surface area (Å²) >= 11 is 1.73. The summed E-state index contributed by atoms with van der Waals surface area (Å²) in [5, 5.41) is 3.21. The Labute approximate surface area is 124 Å². The zero-order valence-corrected chi connectivity index (χ0v) is 12.8. The Kier molecular flexibility index (Phi) is 4.55. The maximum absolute atomic E-state index is 6.06. The zero-order valence-electron chi connectivity index (χ0n) is 12.0. The lowest BCUT2D eigenvalue weighted by Gasteiger charge is -2.43. The lowest BCUT2D eigenvalue weighted by atomic mass is 9.79. The normalized spacial score (nSPS) is 23.9. The van der Waals surface area contributed by atoms with Gasteiger partial charge in [-0.25, -0.2) is 4.98 Å². The predicted octanol–water partition coefficient (Wildman–Crippen LogP) is 1.02. The Bertz CT molecular complexity index is 397. The van der Waals surface area contributed by atoms with E-state index in [2.05, 4.69) is 14.8 Å². The van der Waals surface area contributed by atoms with E-state index in [9.17, 15) is 0 Å². The Hall–Kier alpha value is -0.690. The van der Waals surface area contributed by atoms with Crippen LogP contribution in [-0.4, -0.2) is 62.4 Å². The minimum Gasteiger partial charge on any atom is -0.381 e. The fourth-order valence-corrected chi connectivity index (χ4v) is 3.87. The number of aromatic nitrogens is 1. The Morgan fingerprint density at radius 2 is 2.00 bits per heavy atom. The molecule has 5 nitrogen and oxygen atoms in total. The summed E-state index contributed by atoms with van der Waals surface area (Å²) < 4.78 is 5.49. The highest BCUT2D eigenvalue weighted by atomic mass is 32.1. The van der Waals surface area contributed by atoms with Gasteiger partial charge in [-0.3, -0.25) is 4.90 Å². The number of hydrogen-bond donors (Lipinski definition) is 1. The van der Waals surface area contributed by atoms with Crippen molar-refractivity contribution in [2.24, 2.45) is 11.1 Å². The molecule has 1 aromatic heterocycles. The van der Waals surface area contributed by atoms with Crippen LogP contribution in [0, 0.1) is 5.41 Å². The number of anilines is 1. The summed E-state index contributed by atoms with van der Waals surface area (Å²) in [5.41, 5.74) is 6.34. The van der Waals surface area contributed by atoms with Crippen LogP contribution in [0.1, 0.15) is 12.8 Å². The van der Waals surface area contributed by atoms with E-state index in [0.29, 0.717) is 0 Å². The predicted molar refractivity (Wildman–Crippen MR) is 82.3 cm³/mol. The number of nitrogens with zero attached hydrogens (tertiary/aromatic N) is 3. The molecule has 0 unspecified atom stereocenters. The first-order chi connectivity index (χ1) is 9.81. The molecule has 0 amide bonds. The van der Waals surface area contributed by atoms with E-state index in [-0.39, 0.29) is 5.41 Å². The van der Waals surface area contributed by atoms with Crippen molar-refractivity contribution < 1.29 is 4.74 Å². The van der Waals surface area contributed by atoms with Gasteiger partial charge in [-0.2, -0.15) is 0 Å². The van der Waals surface area contributed by atoms with Crippen molar-refractivity contribution in [1.29, 1.82) is 0 Å². The van der Waals surface area contributed by atoms with Crippen molar-refractivity contribution >= 4 is 16.5 Å². The lowest BCUT2D eigenvalue weighted by Crippen LogP contribution is -2.52. The van der Waals surface area contributed by atoms with Gasteiger partial charge >= 0.3 is 0 Å². The lowest BCUT2D eigenvalue weighted by molar-refractivity contribution is -0.000890. The second-order valence-corrected chi connectivity index (χ2v) is 6.77. The molecule has 0 aliphatic carbocycles. The van der Waals surface area contributed by atoms with Gasteiger partial charge < -0.3 is 15.4 Å². The summed E-state index contributed by atoms with van der Waals surface area (Å²) in [6.07, 6.45) is 4.10. The first kappa shape index (κ1) is 14.3. The number of nitrogens with two attached hydrogens (primary N) is 1. The van der Waals surface area contributed by atoms with Crippen molar-refractivity contribution in [2.45, 2.75) is 12.8 Å². The molecule has 2 aliphatic rings. The number of hydrogen-bond acceptors (Lipinski definition) is 6. The fraction of sp³-hybridized carbons (Fsp3) is 0.786. The summed E-state index contributed by atoms with van der Waals surface area (Å²) in [7, 11) is 0. The zero-order chi connectivity index (χ0) is 13.8. The minimum atomic E-state index is 0.279. The molecule has 6 heteroatoms. The molecule has 112 valence electrons. The van der Waals surface area contributed by atoms with Crippen molar-refractivity contribution in [1.82, 2.24) is 9.88 Å². The average molecular weight is 296 g/mol. The molecule has 20 heavy (non-hydrogen) atoms. The molecule has 0 radical (unpaired) electrons.